The lowest BCUT2D eigenvalue weighted by molar-refractivity contribution is -0.126. The fraction of sp³-hybridized carbons (Fsp3) is 0.350. The van der Waals surface area contributed by atoms with Crippen LogP contribution in [0.25, 0.3) is 0 Å². The van der Waals surface area contributed by atoms with Gasteiger partial charge in [0.05, 0.1) is 26.2 Å². The number of pyridine rings is 1. The summed E-state index contributed by atoms with van der Waals surface area (Å²) < 4.78 is 5.35. The normalized spacial score (nSPS) is 15.0. The Kier molecular flexibility index (Phi) is 6.94. The van der Waals surface area contributed by atoms with Gasteiger partial charge in [0.25, 0.3) is 0 Å². The predicted octanol–water partition coefficient (Wildman–Crippen LogP) is 0.576. The molecule has 2 heterocycles. The van der Waals surface area contributed by atoms with Gasteiger partial charge in [-0.15, -0.1) is 0 Å². The van der Waals surface area contributed by atoms with Gasteiger partial charge in [0.15, 0.2) is 0 Å². The molecule has 1 atom stereocenters. The Morgan fingerprint density at radius 1 is 1.11 bits per heavy atom. The predicted molar refractivity (Wildman–Crippen MR) is 105 cm³/mol. The molecule has 2 aromatic rings. The number of hydrogen-bond acceptors (Lipinski definition) is 6. The Hall–Kier alpha value is -2.97. The molecule has 3 N–H and O–H groups in total. The Morgan fingerprint density at radius 2 is 1.79 bits per heavy atom. The van der Waals surface area contributed by atoms with Crippen LogP contribution in [0.1, 0.15) is 5.56 Å². The molecule has 0 aliphatic carbocycles. The van der Waals surface area contributed by atoms with Crippen molar-refractivity contribution < 1.29 is 19.4 Å². The number of aliphatic hydroxyl groups is 1. The highest BCUT2D eigenvalue weighted by Crippen LogP contribution is 2.19. The zero-order chi connectivity index (χ0) is 19.8. The van der Waals surface area contributed by atoms with Gasteiger partial charge in [0.1, 0.15) is 6.04 Å². The van der Waals surface area contributed by atoms with Gasteiger partial charge in [-0.1, -0.05) is 0 Å². The second-order valence-electron chi connectivity index (χ2n) is 6.47. The topological polar surface area (TPSA) is 104 Å². The molecular formula is C20H24N4O4. The van der Waals surface area contributed by atoms with Crippen LogP contribution in [-0.4, -0.2) is 60.9 Å². The molecule has 8 nitrogen and oxygen atoms in total. The molecule has 148 valence electrons. The highest BCUT2D eigenvalue weighted by atomic mass is 16.5. The van der Waals surface area contributed by atoms with E-state index in [1.165, 1.54) is 0 Å². The summed E-state index contributed by atoms with van der Waals surface area (Å²) in [7, 11) is 0. The summed E-state index contributed by atoms with van der Waals surface area (Å²) in [6, 6.07) is 9.89. The molecule has 0 radical (unpaired) electrons. The number of carbonyl (C=O) groups is 2. The number of aromatic nitrogens is 1. The zero-order valence-electron chi connectivity index (χ0n) is 15.5. The minimum Gasteiger partial charge on any atom is -0.394 e. The van der Waals surface area contributed by atoms with Crippen LogP contribution in [0.4, 0.5) is 11.4 Å². The molecular weight excluding hydrogens is 360 g/mol. The Bertz CT molecular complexity index is 777. The first-order valence-corrected chi connectivity index (χ1v) is 9.18. The Morgan fingerprint density at radius 3 is 2.43 bits per heavy atom. The lowest BCUT2D eigenvalue weighted by Crippen LogP contribution is -2.46. The number of hydrogen-bond donors (Lipinski definition) is 3. The Labute approximate surface area is 163 Å². The second-order valence-corrected chi connectivity index (χ2v) is 6.47. The first kappa shape index (κ1) is 19.8. The minimum atomic E-state index is -1.02. The van der Waals surface area contributed by atoms with Crippen molar-refractivity contribution in [3.63, 3.8) is 0 Å². The second kappa shape index (κ2) is 9.82. The summed E-state index contributed by atoms with van der Waals surface area (Å²) in [4.78, 5) is 30.6. The SMILES string of the molecule is O=C(Cc1ccncc1)N[C@@H](CO)C(=O)Nc1ccc(N2CCOCC2)cc1. The van der Waals surface area contributed by atoms with E-state index in [2.05, 4.69) is 20.5 Å². The van der Waals surface area contributed by atoms with E-state index in [9.17, 15) is 14.7 Å². The lowest BCUT2D eigenvalue weighted by Gasteiger charge is -2.29. The smallest absolute Gasteiger partial charge is 0.249 e. The molecule has 1 aliphatic rings. The number of benzene rings is 1. The van der Waals surface area contributed by atoms with Crippen LogP contribution in [0.2, 0.25) is 0 Å². The van der Waals surface area contributed by atoms with Crippen LogP contribution in [0.3, 0.4) is 0 Å². The molecule has 0 saturated carbocycles. The molecule has 2 amide bonds. The fourth-order valence-electron chi connectivity index (χ4n) is 2.93. The van der Waals surface area contributed by atoms with E-state index in [0.29, 0.717) is 18.9 Å². The van der Waals surface area contributed by atoms with E-state index < -0.39 is 18.6 Å². The molecule has 1 fully saturated rings. The highest BCUT2D eigenvalue weighted by molar-refractivity contribution is 5.97. The summed E-state index contributed by atoms with van der Waals surface area (Å²) in [6.07, 6.45) is 3.30. The van der Waals surface area contributed by atoms with Crippen molar-refractivity contribution in [2.45, 2.75) is 12.5 Å². The van der Waals surface area contributed by atoms with Crippen molar-refractivity contribution in [1.82, 2.24) is 10.3 Å². The Balaban J connectivity index is 1.53. The van der Waals surface area contributed by atoms with Crippen molar-refractivity contribution >= 4 is 23.2 Å². The van der Waals surface area contributed by atoms with Gasteiger partial charge in [-0.25, -0.2) is 0 Å². The number of amides is 2. The largest absolute Gasteiger partial charge is 0.394 e. The van der Waals surface area contributed by atoms with E-state index in [4.69, 9.17) is 4.74 Å². The van der Waals surface area contributed by atoms with E-state index in [1.54, 1.807) is 36.7 Å². The fourth-order valence-corrected chi connectivity index (χ4v) is 2.93. The number of rotatable bonds is 7. The summed E-state index contributed by atoms with van der Waals surface area (Å²) in [6.45, 7) is 2.59. The van der Waals surface area contributed by atoms with Crippen molar-refractivity contribution in [3.05, 3.63) is 54.4 Å². The minimum absolute atomic E-state index is 0.112. The number of nitrogens with zero attached hydrogens (tertiary/aromatic N) is 2. The van der Waals surface area contributed by atoms with Crippen molar-refractivity contribution in [2.75, 3.05) is 43.1 Å². The van der Waals surface area contributed by atoms with Gasteiger partial charge in [-0.2, -0.15) is 0 Å². The van der Waals surface area contributed by atoms with Crippen LogP contribution in [0.15, 0.2) is 48.8 Å². The van der Waals surface area contributed by atoms with Gasteiger partial charge in [0.2, 0.25) is 11.8 Å². The zero-order valence-corrected chi connectivity index (χ0v) is 15.5. The van der Waals surface area contributed by atoms with E-state index in [1.807, 2.05) is 12.1 Å². The van der Waals surface area contributed by atoms with Crippen LogP contribution >= 0.6 is 0 Å². The number of aliphatic hydroxyl groups excluding tert-OH is 1. The molecule has 1 aromatic heterocycles. The average molecular weight is 384 g/mol. The molecule has 1 saturated heterocycles. The van der Waals surface area contributed by atoms with E-state index in [-0.39, 0.29) is 12.3 Å². The third-order valence-corrected chi connectivity index (χ3v) is 4.46. The first-order chi connectivity index (χ1) is 13.7. The molecule has 0 spiro atoms. The average Bonchev–Trinajstić information content (AvgIpc) is 2.74. The summed E-state index contributed by atoms with van der Waals surface area (Å²) in [5, 5.41) is 14.8. The standard InChI is InChI=1S/C20H24N4O4/c25-14-18(23-19(26)13-15-5-7-21-8-6-15)20(27)22-16-1-3-17(4-2-16)24-9-11-28-12-10-24/h1-8,18,25H,9-14H2,(H,22,27)(H,23,26)/t18-/m0/s1. The molecule has 0 bridgehead atoms. The molecule has 1 aliphatic heterocycles. The van der Waals surface area contributed by atoms with Gasteiger partial charge in [-0.05, 0) is 42.0 Å². The molecule has 28 heavy (non-hydrogen) atoms. The maximum atomic E-state index is 12.4. The lowest BCUT2D eigenvalue weighted by atomic mass is 10.1. The number of morpholine rings is 1. The molecule has 0 unspecified atom stereocenters. The van der Waals surface area contributed by atoms with Gasteiger partial charge in [-0.3, -0.25) is 14.6 Å². The van der Waals surface area contributed by atoms with E-state index >= 15 is 0 Å². The summed E-state index contributed by atoms with van der Waals surface area (Å²) >= 11 is 0. The van der Waals surface area contributed by atoms with Gasteiger partial charge in [0, 0.05) is 36.9 Å². The summed E-state index contributed by atoms with van der Waals surface area (Å²) in [5.74, 6) is -0.812. The molecule has 3 rings (SSSR count). The van der Waals surface area contributed by atoms with E-state index in [0.717, 1.165) is 24.3 Å². The van der Waals surface area contributed by atoms with Crippen molar-refractivity contribution in [3.8, 4) is 0 Å². The molecule has 1 aromatic carbocycles. The maximum Gasteiger partial charge on any atom is 0.249 e. The number of nitrogens with one attached hydrogen (secondary N) is 2. The summed E-state index contributed by atoms with van der Waals surface area (Å²) in [5.41, 5.74) is 2.44. The highest BCUT2D eigenvalue weighted by Gasteiger charge is 2.20. The van der Waals surface area contributed by atoms with Crippen LogP contribution < -0.4 is 15.5 Å². The van der Waals surface area contributed by atoms with Crippen molar-refractivity contribution in [1.29, 1.82) is 0 Å². The quantitative estimate of drug-likeness (QED) is 0.645. The first-order valence-electron chi connectivity index (χ1n) is 9.18. The van der Waals surface area contributed by atoms with Crippen molar-refractivity contribution in [2.24, 2.45) is 0 Å². The monoisotopic (exact) mass is 384 g/mol. The van der Waals surface area contributed by atoms with Crippen LogP contribution in [0.5, 0.6) is 0 Å². The molecule has 8 heteroatoms. The van der Waals surface area contributed by atoms with Gasteiger partial charge < -0.3 is 25.4 Å². The maximum absolute atomic E-state index is 12.4. The number of ether oxygens (including phenoxy) is 1. The van der Waals surface area contributed by atoms with Crippen LogP contribution in [0, 0.1) is 0 Å². The third kappa shape index (κ3) is 5.51. The van der Waals surface area contributed by atoms with Crippen LogP contribution in [-0.2, 0) is 20.7 Å². The number of carbonyl (C=O) groups excluding carboxylic acids is 2. The van der Waals surface area contributed by atoms with Gasteiger partial charge >= 0.3 is 0 Å². The third-order valence-electron chi connectivity index (χ3n) is 4.46. The number of anilines is 2.